The van der Waals surface area contributed by atoms with E-state index in [2.05, 4.69) is 36.9 Å². The molecule has 2 aromatic rings. The summed E-state index contributed by atoms with van der Waals surface area (Å²) in [6, 6.07) is 5.77. The molecule has 1 fully saturated rings. The second-order valence-corrected chi connectivity index (χ2v) is 8.26. The van der Waals surface area contributed by atoms with E-state index in [1.165, 1.54) is 5.56 Å². The van der Waals surface area contributed by atoms with Crippen LogP contribution in [-0.4, -0.2) is 55.2 Å². The summed E-state index contributed by atoms with van der Waals surface area (Å²) in [4.78, 5) is 16.6. The highest BCUT2D eigenvalue weighted by Crippen LogP contribution is 2.32. The quantitative estimate of drug-likeness (QED) is 0.833. The van der Waals surface area contributed by atoms with Crippen LogP contribution in [0.25, 0.3) is 11.0 Å². The van der Waals surface area contributed by atoms with Crippen LogP contribution in [0.3, 0.4) is 0 Å². The van der Waals surface area contributed by atoms with Crippen molar-refractivity contribution in [3.05, 3.63) is 45.3 Å². The summed E-state index contributed by atoms with van der Waals surface area (Å²) in [5.41, 5.74) is 3.48. The molecule has 0 saturated carbocycles. The largest absolute Gasteiger partial charge is 0.422 e. The molecule has 0 radical (unpaired) electrons. The third kappa shape index (κ3) is 4.00. The van der Waals surface area contributed by atoms with Crippen molar-refractivity contribution in [1.29, 1.82) is 0 Å². The first-order valence-electron chi connectivity index (χ1n) is 9.34. The van der Waals surface area contributed by atoms with Crippen LogP contribution in [0, 0.1) is 19.3 Å². The molecule has 5 nitrogen and oxygen atoms in total. The fourth-order valence-electron chi connectivity index (χ4n) is 4.47. The summed E-state index contributed by atoms with van der Waals surface area (Å²) in [5, 5.41) is 11.1. The molecule has 2 heterocycles. The normalized spacial score (nSPS) is 21.6. The number of aryl methyl sites for hydroxylation is 2. The second-order valence-electron chi connectivity index (χ2n) is 8.26. The summed E-state index contributed by atoms with van der Waals surface area (Å²) < 4.78 is 5.47. The molecule has 0 bridgehead atoms. The van der Waals surface area contributed by atoms with E-state index in [0.717, 1.165) is 49.0 Å². The van der Waals surface area contributed by atoms with E-state index in [4.69, 9.17) is 4.42 Å². The van der Waals surface area contributed by atoms with Crippen molar-refractivity contribution in [1.82, 2.24) is 9.80 Å². The number of piperidine rings is 1. The molecular weight excluding hydrogens is 328 g/mol. The van der Waals surface area contributed by atoms with Crippen LogP contribution in [0.4, 0.5) is 0 Å². The van der Waals surface area contributed by atoms with Gasteiger partial charge in [0.2, 0.25) is 0 Å². The van der Waals surface area contributed by atoms with Gasteiger partial charge in [0.1, 0.15) is 5.58 Å². The Balaban J connectivity index is 1.92. The first kappa shape index (κ1) is 19.1. The molecule has 1 aliphatic rings. The van der Waals surface area contributed by atoms with Gasteiger partial charge in [0.05, 0.1) is 6.61 Å². The molecule has 1 N–H and O–H groups in total. The fourth-order valence-corrected chi connectivity index (χ4v) is 4.47. The summed E-state index contributed by atoms with van der Waals surface area (Å²) in [6.45, 7) is 7.65. The lowest BCUT2D eigenvalue weighted by atomic mass is 9.80. The van der Waals surface area contributed by atoms with Gasteiger partial charge in [0, 0.05) is 36.5 Å². The number of hydrogen-bond donors (Lipinski definition) is 1. The van der Waals surface area contributed by atoms with E-state index in [-0.39, 0.29) is 17.6 Å². The molecule has 5 heteroatoms. The van der Waals surface area contributed by atoms with E-state index < -0.39 is 0 Å². The van der Waals surface area contributed by atoms with Crippen molar-refractivity contribution in [2.75, 3.05) is 40.3 Å². The zero-order valence-electron chi connectivity index (χ0n) is 16.3. The second kappa shape index (κ2) is 7.51. The molecule has 1 aromatic carbocycles. The minimum Gasteiger partial charge on any atom is -0.422 e. The Kier molecular flexibility index (Phi) is 5.51. The number of nitrogens with zero attached hydrogens (tertiary/aromatic N) is 2. The first-order chi connectivity index (χ1) is 12.3. The topological polar surface area (TPSA) is 56.9 Å². The average Bonchev–Trinajstić information content (AvgIpc) is 2.55. The minimum atomic E-state index is -0.293. The fraction of sp³-hybridized carbons (Fsp3) is 0.571. The molecule has 3 rings (SSSR count). The number of hydrogen-bond acceptors (Lipinski definition) is 5. The van der Waals surface area contributed by atoms with Crippen molar-refractivity contribution < 1.29 is 9.52 Å². The van der Waals surface area contributed by atoms with Crippen LogP contribution in [0.1, 0.15) is 29.5 Å². The maximum absolute atomic E-state index is 12.1. The minimum absolute atomic E-state index is 0.0944. The van der Waals surface area contributed by atoms with Gasteiger partial charge in [0.15, 0.2) is 0 Å². The summed E-state index contributed by atoms with van der Waals surface area (Å²) in [7, 11) is 4.11. The van der Waals surface area contributed by atoms with Gasteiger partial charge >= 0.3 is 5.63 Å². The smallest absolute Gasteiger partial charge is 0.336 e. The molecular formula is C21H30N2O3. The Hall–Kier alpha value is -1.69. The number of aliphatic hydroxyl groups is 1. The highest BCUT2D eigenvalue weighted by Gasteiger charge is 2.35. The molecule has 0 spiro atoms. The number of aliphatic hydroxyl groups excluding tert-OH is 1. The number of benzene rings is 1. The average molecular weight is 358 g/mol. The van der Waals surface area contributed by atoms with Crippen molar-refractivity contribution in [3.8, 4) is 0 Å². The Morgan fingerprint density at radius 1 is 1.27 bits per heavy atom. The van der Waals surface area contributed by atoms with E-state index in [9.17, 15) is 9.90 Å². The highest BCUT2D eigenvalue weighted by atomic mass is 16.4. The molecule has 1 atom stereocenters. The van der Waals surface area contributed by atoms with Crippen LogP contribution in [0.2, 0.25) is 0 Å². The van der Waals surface area contributed by atoms with Gasteiger partial charge in [-0.05, 0) is 70.1 Å². The zero-order valence-corrected chi connectivity index (χ0v) is 16.3. The van der Waals surface area contributed by atoms with E-state index in [0.29, 0.717) is 12.1 Å². The lowest BCUT2D eigenvalue weighted by Crippen LogP contribution is -2.49. The zero-order chi connectivity index (χ0) is 18.9. The Morgan fingerprint density at radius 2 is 2.04 bits per heavy atom. The van der Waals surface area contributed by atoms with E-state index in [1.807, 2.05) is 13.0 Å². The molecule has 142 valence electrons. The first-order valence-corrected chi connectivity index (χ1v) is 9.34. The van der Waals surface area contributed by atoms with E-state index >= 15 is 0 Å². The molecule has 26 heavy (non-hydrogen) atoms. The third-order valence-corrected chi connectivity index (χ3v) is 5.38. The summed E-state index contributed by atoms with van der Waals surface area (Å²) in [6.07, 6.45) is 2.10. The summed E-state index contributed by atoms with van der Waals surface area (Å²) in [5.74, 6) is 0. The Morgan fingerprint density at radius 3 is 2.73 bits per heavy atom. The SMILES string of the molecule is Cc1cc(C)c2oc(=O)cc(CN3CCCC(CO)(CN(C)C)C3)c2c1. The van der Waals surface area contributed by atoms with E-state index in [1.54, 1.807) is 6.07 Å². The number of likely N-dealkylation sites (tertiary alicyclic amines) is 1. The van der Waals surface area contributed by atoms with Crippen LogP contribution < -0.4 is 5.63 Å². The lowest BCUT2D eigenvalue weighted by molar-refractivity contribution is 0.0106. The lowest BCUT2D eigenvalue weighted by Gasteiger charge is -2.43. The van der Waals surface area contributed by atoms with Gasteiger partial charge in [-0.2, -0.15) is 0 Å². The van der Waals surface area contributed by atoms with Gasteiger partial charge in [-0.3, -0.25) is 4.90 Å². The van der Waals surface area contributed by atoms with Gasteiger partial charge in [-0.15, -0.1) is 0 Å². The van der Waals surface area contributed by atoms with Gasteiger partial charge < -0.3 is 14.4 Å². The molecule has 1 aromatic heterocycles. The maximum atomic E-state index is 12.1. The standard InChI is InChI=1S/C21H30N2O3/c1-15-8-16(2)20-18(9-15)17(10-19(25)26-20)11-23-7-5-6-21(13-23,14-24)12-22(3)4/h8-10,24H,5-7,11-14H2,1-4H3. The molecule has 1 unspecified atom stereocenters. The summed E-state index contributed by atoms with van der Waals surface area (Å²) >= 11 is 0. The van der Waals surface area contributed by atoms with Crippen molar-refractivity contribution in [2.45, 2.75) is 33.2 Å². The predicted molar refractivity (Wildman–Crippen MR) is 105 cm³/mol. The van der Waals surface area contributed by atoms with Crippen molar-refractivity contribution in [3.63, 3.8) is 0 Å². The molecule has 1 aliphatic heterocycles. The number of fused-ring (bicyclic) bond motifs is 1. The third-order valence-electron chi connectivity index (χ3n) is 5.38. The van der Waals surface area contributed by atoms with Crippen LogP contribution in [0.5, 0.6) is 0 Å². The van der Waals surface area contributed by atoms with Crippen molar-refractivity contribution >= 4 is 11.0 Å². The molecule has 0 aliphatic carbocycles. The van der Waals surface area contributed by atoms with Crippen LogP contribution >= 0.6 is 0 Å². The molecule has 1 saturated heterocycles. The monoisotopic (exact) mass is 358 g/mol. The van der Waals surface area contributed by atoms with Gasteiger partial charge in [0.25, 0.3) is 0 Å². The van der Waals surface area contributed by atoms with Gasteiger partial charge in [-0.25, -0.2) is 4.79 Å². The van der Waals surface area contributed by atoms with Crippen molar-refractivity contribution in [2.24, 2.45) is 5.41 Å². The Bertz CT molecular complexity index is 843. The highest BCUT2D eigenvalue weighted by molar-refractivity contribution is 5.83. The predicted octanol–water partition coefficient (Wildman–Crippen LogP) is 2.55. The molecule has 0 amide bonds. The number of rotatable bonds is 5. The van der Waals surface area contributed by atoms with Crippen LogP contribution in [-0.2, 0) is 6.54 Å². The Labute approximate surface area is 155 Å². The maximum Gasteiger partial charge on any atom is 0.336 e. The van der Waals surface area contributed by atoms with Gasteiger partial charge in [-0.1, -0.05) is 6.07 Å². The van der Waals surface area contributed by atoms with Crippen LogP contribution in [0.15, 0.2) is 27.4 Å².